The lowest BCUT2D eigenvalue weighted by Crippen LogP contribution is -2.07. The Morgan fingerprint density at radius 3 is 1.40 bits per heavy atom. The first-order valence-corrected chi connectivity index (χ1v) is 21.6. The Kier molecular flexibility index (Phi) is 26.5. The second-order valence-electron chi connectivity index (χ2n) is 13.8. The van der Waals surface area contributed by atoms with Crippen LogP contribution in [0.3, 0.4) is 0 Å². The molecule has 0 aliphatic rings. The standard InChI is InChI=1S/C45H72O4S/c1-5-9-12-15-18-21-24-33-47-43-37-39(27-32-42(46)40-28-30-41(31-29-40)50-36-8-4)38-44(48-34-25-22-19-16-13-10-6-2)45(43)49-35-26-23-20-17-14-11-7-3/h27-32,37-38H,5-26,33-36H2,1-4H3. The van der Waals surface area contributed by atoms with E-state index in [2.05, 4.69) is 27.7 Å². The number of benzene rings is 2. The van der Waals surface area contributed by atoms with Crippen molar-refractivity contribution in [1.29, 1.82) is 0 Å². The summed E-state index contributed by atoms with van der Waals surface area (Å²) < 4.78 is 19.4. The van der Waals surface area contributed by atoms with Gasteiger partial charge in [0.2, 0.25) is 5.75 Å². The minimum absolute atomic E-state index is 0.00705. The lowest BCUT2D eigenvalue weighted by Gasteiger charge is -2.18. The number of carbonyl (C=O) groups is 1. The van der Waals surface area contributed by atoms with Gasteiger partial charge in [0, 0.05) is 10.5 Å². The molecule has 2 aromatic rings. The van der Waals surface area contributed by atoms with Gasteiger partial charge in [-0.05, 0) is 79.5 Å². The van der Waals surface area contributed by atoms with E-state index in [1.54, 1.807) is 6.08 Å². The van der Waals surface area contributed by atoms with E-state index in [4.69, 9.17) is 14.2 Å². The smallest absolute Gasteiger partial charge is 0.203 e. The van der Waals surface area contributed by atoms with Crippen LogP contribution in [0.4, 0.5) is 0 Å². The fourth-order valence-corrected chi connectivity index (χ4v) is 6.74. The van der Waals surface area contributed by atoms with Crippen LogP contribution in [0.5, 0.6) is 17.2 Å². The van der Waals surface area contributed by atoms with Gasteiger partial charge in [0.15, 0.2) is 17.3 Å². The summed E-state index contributed by atoms with van der Waals surface area (Å²) in [4.78, 5) is 14.4. The summed E-state index contributed by atoms with van der Waals surface area (Å²) >= 11 is 1.83. The van der Waals surface area contributed by atoms with E-state index in [1.807, 2.05) is 54.2 Å². The Balaban J connectivity index is 2.19. The van der Waals surface area contributed by atoms with Crippen molar-refractivity contribution in [3.8, 4) is 17.2 Å². The van der Waals surface area contributed by atoms with E-state index in [9.17, 15) is 4.79 Å². The van der Waals surface area contributed by atoms with Crippen molar-refractivity contribution in [1.82, 2.24) is 0 Å². The van der Waals surface area contributed by atoms with E-state index in [0.717, 1.165) is 48.5 Å². The lowest BCUT2D eigenvalue weighted by molar-refractivity contribution is 0.104. The number of hydrogen-bond acceptors (Lipinski definition) is 5. The highest BCUT2D eigenvalue weighted by atomic mass is 32.2. The maximum atomic E-state index is 13.2. The number of allylic oxidation sites excluding steroid dienone is 1. The minimum Gasteiger partial charge on any atom is -0.490 e. The van der Waals surface area contributed by atoms with Gasteiger partial charge >= 0.3 is 0 Å². The van der Waals surface area contributed by atoms with Crippen LogP contribution in [-0.2, 0) is 0 Å². The molecule has 282 valence electrons. The van der Waals surface area contributed by atoms with Crippen LogP contribution in [0.15, 0.2) is 47.4 Å². The Bertz CT molecular complexity index is 1100. The summed E-state index contributed by atoms with van der Waals surface area (Å²) in [7, 11) is 0. The Morgan fingerprint density at radius 2 is 0.960 bits per heavy atom. The van der Waals surface area contributed by atoms with Gasteiger partial charge < -0.3 is 14.2 Å². The first kappa shape index (κ1) is 43.8. The first-order chi connectivity index (χ1) is 24.6. The normalized spacial score (nSPS) is 11.4. The molecule has 50 heavy (non-hydrogen) atoms. The van der Waals surface area contributed by atoms with Gasteiger partial charge in [-0.2, -0.15) is 0 Å². The minimum atomic E-state index is -0.00705. The molecule has 0 aliphatic heterocycles. The molecule has 0 amide bonds. The van der Waals surface area contributed by atoms with Crippen LogP contribution in [-0.4, -0.2) is 31.4 Å². The summed E-state index contributed by atoms with van der Waals surface area (Å²) in [6, 6.07) is 12.0. The van der Waals surface area contributed by atoms with Crippen LogP contribution in [0.25, 0.3) is 6.08 Å². The van der Waals surface area contributed by atoms with Crippen LogP contribution in [0.2, 0.25) is 0 Å². The number of ether oxygens (including phenoxy) is 3. The molecule has 4 nitrogen and oxygen atoms in total. The highest BCUT2D eigenvalue weighted by Gasteiger charge is 2.16. The molecule has 0 spiro atoms. The molecule has 0 radical (unpaired) electrons. The fourth-order valence-electron chi connectivity index (χ4n) is 5.97. The summed E-state index contributed by atoms with van der Waals surface area (Å²) in [5, 5.41) is 0. The quantitative estimate of drug-likeness (QED) is 0.0320. The van der Waals surface area contributed by atoms with Gasteiger partial charge in [-0.25, -0.2) is 0 Å². The number of ketones is 1. The van der Waals surface area contributed by atoms with Gasteiger partial charge in [-0.1, -0.05) is 149 Å². The third-order valence-electron chi connectivity index (χ3n) is 9.09. The summed E-state index contributed by atoms with van der Waals surface area (Å²) in [6.45, 7) is 10.9. The molecule has 2 rings (SSSR count). The maximum Gasteiger partial charge on any atom is 0.203 e. The average molecular weight is 709 g/mol. The zero-order valence-electron chi connectivity index (χ0n) is 32.5. The molecule has 2 aromatic carbocycles. The maximum absolute atomic E-state index is 13.2. The largest absolute Gasteiger partial charge is 0.490 e. The van der Waals surface area contributed by atoms with Crippen molar-refractivity contribution >= 4 is 23.6 Å². The van der Waals surface area contributed by atoms with Gasteiger partial charge in [0.1, 0.15) is 0 Å². The zero-order valence-corrected chi connectivity index (χ0v) is 33.4. The third-order valence-corrected chi connectivity index (χ3v) is 10.3. The van der Waals surface area contributed by atoms with Crippen molar-refractivity contribution in [2.75, 3.05) is 25.6 Å². The van der Waals surface area contributed by atoms with Crippen LogP contribution < -0.4 is 14.2 Å². The van der Waals surface area contributed by atoms with Crippen molar-refractivity contribution in [3.63, 3.8) is 0 Å². The molecule has 0 aromatic heterocycles. The number of rotatable bonds is 33. The molecule has 0 N–H and O–H groups in total. The molecule has 5 heteroatoms. The monoisotopic (exact) mass is 709 g/mol. The highest BCUT2D eigenvalue weighted by molar-refractivity contribution is 7.99. The van der Waals surface area contributed by atoms with Crippen molar-refractivity contribution in [2.45, 2.75) is 174 Å². The Hall–Kier alpha value is -2.40. The van der Waals surface area contributed by atoms with Crippen molar-refractivity contribution < 1.29 is 19.0 Å². The number of thioether (sulfide) groups is 1. The van der Waals surface area contributed by atoms with E-state index in [-0.39, 0.29) is 5.78 Å². The average Bonchev–Trinajstić information content (AvgIpc) is 3.13. The van der Waals surface area contributed by atoms with Gasteiger partial charge in [-0.3, -0.25) is 4.79 Å². The summed E-state index contributed by atoms with van der Waals surface area (Å²) in [5.74, 6) is 3.23. The zero-order chi connectivity index (χ0) is 35.9. The molecule has 0 aliphatic carbocycles. The molecule has 0 saturated carbocycles. The predicted octanol–water partition coefficient (Wildman–Crippen LogP) is 14.5. The second-order valence-corrected chi connectivity index (χ2v) is 15.0. The second kappa shape index (κ2) is 30.2. The van der Waals surface area contributed by atoms with Crippen molar-refractivity contribution in [2.24, 2.45) is 0 Å². The number of carbonyl (C=O) groups excluding carboxylic acids is 1. The van der Waals surface area contributed by atoms with Crippen LogP contribution >= 0.6 is 11.8 Å². The molecular weight excluding hydrogens is 637 g/mol. The third kappa shape index (κ3) is 20.4. The molecule has 0 atom stereocenters. The lowest BCUT2D eigenvalue weighted by atomic mass is 10.1. The van der Waals surface area contributed by atoms with Gasteiger partial charge in [-0.15, -0.1) is 11.8 Å². The van der Waals surface area contributed by atoms with Crippen LogP contribution in [0.1, 0.15) is 185 Å². The van der Waals surface area contributed by atoms with E-state index >= 15 is 0 Å². The van der Waals surface area contributed by atoms with E-state index < -0.39 is 0 Å². The molecule has 0 unspecified atom stereocenters. The molecule has 0 saturated heterocycles. The van der Waals surface area contributed by atoms with Crippen LogP contribution in [0, 0.1) is 0 Å². The highest BCUT2D eigenvalue weighted by Crippen LogP contribution is 2.40. The topological polar surface area (TPSA) is 44.8 Å². The SMILES string of the molecule is CCCCCCCCCOc1cc(C=CC(=O)c2ccc(SCCC)cc2)cc(OCCCCCCCCC)c1OCCCCCCCCC. The fraction of sp³-hybridized carbons (Fsp3) is 0.667. The molecule has 0 fully saturated rings. The summed E-state index contributed by atoms with van der Waals surface area (Å²) in [6.07, 6.45) is 30.7. The number of unbranched alkanes of at least 4 members (excludes halogenated alkanes) is 18. The number of hydrogen-bond donors (Lipinski definition) is 0. The van der Waals surface area contributed by atoms with Crippen molar-refractivity contribution in [3.05, 3.63) is 53.6 Å². The van der Waals surface area contributed by atoms with Gasteiger partial charge in [0.25, 0.3) is 0 Å². The molecule has 0 bridgehead atoms. The molecular formula is C45H72O4S. The summed E-state index contributed by atoms with van der Waals surface area (Å²) in [5.41, 5.74) is 1.59. The Labute approximate surface area is 311 Å². The van der Waals surface area contributed by atoms with E-state index in [0.29, 0.717) is 31.1 Å². The molecule has 0 heterocycles. The first-order valence-electron chi connectivity index (χ1n) is 20.6. The van der Waals surface area contributed by atoms with Gasteiger partial charge in [0.05, 0.1) is 19.8 Å². The van der Waals surface area contributed by atoms with E-state index in [1.165, 1.54) is 120 Å². The Morgan fingerprint density at radius 1 is 0.540 bits per heavy atom. The predicted molar refractivity (Wildman–Crippen MR) is 218 cm³/mol.